The molecular formula is C26H34FN7O3S2. The van der Waals surface area contributed by atoms with E-state index in [9.17, 15) is 17.9 Å². The molecule has 3 aromatic rings. The minimum absolute atomic E-state index is 0.00649. The zero-order valence-electron chi connectivity index (χ0n) is 21.9. The molecule has 0 radical (unpaired) electrons. The molecular weight excluding hydrogens is 541 g/mol. The third-order valence-corrected chi connectivity index (χ3v) is 11.6. The maximum Gasteiger partial charge on any atom is 0.254 e. The summed E-state index contributed by atoms with van der Waals surface area (Å²) in [5.74, 6) is -0.258. The second kappa shape index (κ2) is 10.9. The summed E-state index contributed by atoms with van der Waals surface area (Å²) in [6.45, 7) is 7.90. The molecule has 5 heterocycles. The van der Waals surface area contributed by atoms with Crippen molar-refractivity contribution in [1.29, 1.82) is 0 Å². The number of aliphatic hydroxyl groups is 1. The summed E-state index contributed by atoms with van der Waals surface area (Å²) in [6.07, 6.45) is 5.60. The summed E-state index contributed by atoms with van der Waals surface area (Å²) in [6, 6.07) is 6.81. The van der Waals surface area contributed by atoms with Crippen LogP contribution in [-0.2, 0) is 16.6 Å². The van der Waals surface area contributed by atoms with Crippen molar-refractivity contribution in [3.05, 3.63) is 60.1 Å². The van der Waals surface area contributed by atoms with Crippen molar-refractivity contribution in [2.24, 2.45) is 0 Å². The molecule has 3 aliphatic heterocycles. The molecule has 0 spiro atoms. The molecule has 210 valence electrons. The van der Waals surface area contributed by atoms with Gasteiger partial charge in [0.05, 0.1) is 30.4 Å². The Hall–Kier alpha value is -2.42. The molecule has 3 aliphatic rings. The largest absolute Gasteiger partial charge is 0.392 e. The predicted molar refractivity (Wildman–Crippen MR) is 147 cm³/mol. The lowest BCUT2D eigenvalue weighted by Crippen LogP contribution is -2.50. The molecule has 2 aromatic heterocycles. The van der Waals surface area contributed by atoms with Crippen LogP contribution in [0, 0.1) is 5.82 Å². The molecule has 0 amide bonds. The zero-order chi connectivity index (χ0) is 27.1. The summed E-state index contributed by atoms with van der Waals surface area (Å²) in [5, 5.41) is 10.7. The third-order valence-electron chi connectivity index (χ3n) is 8.16. The van der Waals surface area contributed by atoms with E-state index in [1.54, 1.807) is 22.8 Å². The number of nitrogens with zero attached hydrogens (tertiary/aromatic N) is 7. The van der Waals surface area contributed by atoms with Crippen LogP contribution < -0.4 is 4.90 Å². The van der Waals surface area contributed by atoms with E-state index in [1.165, 1.54) is 29.7 Å². The van der Waals surface area contributed by atoms with E-state index in [1.807, 2.05) is 6.20 Å². The summed E-state index contributed by atoms with van der Waals surface area (Å²) < 4.78 is 44.2. The number of hydrogen-bond acceptors (Lipinski definition) is 9. The van der Waals surface area contributed by atoms with E-state index in [0.29, 0.717) is 38.8 Å². The maximum absolute atomic E-state index is 13.4. The van der Waals surface area contributed by atoms with Crippen molar-refractivity contribution in [2.45, 2.75) is 42.3 Å². The number of rotatable bonds is 7. The van der Waals surface area contributed by atoms with Crippen molar-refractivity contribution < 1.29 is 17.9 Å². The number of halogens is 1. The van der Waals surface area contributed by atoms with E-state index in [-0.39, 0.29) is 22.2 Å². The molecule has 3 atom stereocenters. The van der Waals surface area contributed by atoms with Crippen LogP contribution in [0.1, 0.15) is 30.6 Å². The number of anilines is 1. The number of benzene rings is 1. The first-order valence-electron chi connectivity index (χ1n) is 13.4. The van der Waals surface area contributed by atoms with E-state index < -0.39 is 10.0 Å². The Balaban J connectivity index is 1.06. The van der Waals surface area contributed by atoms with Crippen molar-refractivity contribution in [2.75, 3.05) is 57.3 Å². The van der Waals surface area contributed by atoms with Gasteiger partial charge in [-0.15, -0.1) is 0 Å². The van der Waals surface area contributed by atoms with Crippen LogP contribution >= 0.6 is 11.3 Å². The standard InChI is InChI=1S/C26H34FN7O3S2/c1-19(20-2-4-21(27)5-3-20)34-18-28-13-23(34)15-30-6-10-33(11-7-30)39(36,37)25-14-29-26(38-25)32-9-8-31-17-24(35)12-22(31)16-32/h2-5,13-14,18-19,22,24,35H,6-12,15-17H2,1H3/t19-,22-,24-/m1/s1. The molecule has 3 saturated heterocycles. The van der Waals surface area contributed by atoms with Crippen LogP contribution in [0.2, 0.25) is 0 Å². The summed E-state index contributed by atoms with van der Waals surface area (Å²) in [7, 11) is -3.62. The Labute approximate surface area is 232 Å². The minimum atomic E-state index is -3.62. The minimum Gasteiger partial charge on any atom is -0.392 e. The SMILES string of the molecule is C[C@H](c1ccc(F)cc1)n1cncc1CN1CCN(S(=O)(=O)c2cnc(N3CCN4C[C@H](O)C[C@@H]4C3)s2)CC1. The fraction of sp³-hybridized carbons (Fsp3) is 0.538. The predicted octanol–water partition coefficient (Wildman–Crippen LogP) is 1.85. The van der Waals surface area contributed by atoms with Gasteiger partial charge in [0.2, 0.25) is 0 Å². The first kappa shape index (κ1) is 26.8. The van der Waals surface area contributed by atoms with Crippen molar-refractivity contribution >= 4 is 26.5 Å². The summed E-state index contributed by atoms with van der Waals surface area (Å²) >= 11 is 1.24. The Morgan fingerprint density at radius 3 is 2.62 bits per heavy atom. The van der Waals surface area contributed by atoms with Gasteiger partial charge in [-0.05, 0) is 31.0 Å². The summed E-state index contributed by atoms with van der Waals surface area (Å²) in [4.78, 5) is 15.5. The lowest BCUT2D eigenvalue weighted by molar-refractivity contribution is 0.173. The smallest absolute Gasteiger partial charge is 0.254 e. The monoisotopic (exact) mass is 575 g/mol. The first-order chi connectivity index (χ1) is 18.8. The zero-order valence-corrected chi connectivity index (χ0v) is 23.6. The van der Waals surface area contributed by atoms with Crippen molar-refractivity contribution in [1.82, 2.24) is 28.6 Å². The van der Waals surface area contributed by atoms with Gasteiger partial charge in [-0.1, -0.05) is 23.5 Å². The second-order valence-corrected chi connectivity index (χ2v) is 13.8. The molecule has 0 unspecified atom stereocenters. The van der Waals surface area contributed by atoms with Gasteiger partial charge < -0.3 is 14.6 Å². The van der Waals surface area contributed by atoms with Crippen LogP contribution in [0.5, 0.6) is 0 Å². The fourth-order valence-corrected chi connectivity index (χ4v) is 8.63. The molecule has 6 rings (SSSR count). The second-order valence-electron chi connectivity index (χ2n) is 10.6. The van der Waals surface area contributed by atoms with Gasteiger partial charge in [-0.3, -0.25) is 9.80 Å². The number of aliphatic hydroxyl groups excluding tert-OH is 1. The van der Waals surface area contributed by atoms with Gasteiger partial charge >= 0.3 is 0 Å². The normalized spacial score (nSPS) is 24.2. The van der Waals surface area contributed by atoms with Crippen LogP contribution in [0.25, 0.3) is 0 Å². The molecule has 0 bridgehead atoms. The topological polar surface area (TPSA) is 98.0 Å². The van der Waals surface area contributed by atoms with Gasteiger partial charge in [0, 0.05) is 71.1 Å². The first-order valence-corrected chi connectivity index (χ1v) is 15.6. The van der Waals surface area contributed by atoms with Crippen molar-refractivity contribution in [3.63, 3.8) is 0 Å². The highest BCUT2D eigenvalue weighted by molar-refractivity contribution is 7.91. The fourth-order valence-electron chi connectivity index (χ4n) is 5.90. The molecule has 1 aromatic carbocycles. The number of sulfonamides is 1. The lowest BCUT2D eigenvalue weighted by Gasteiger charge is -2.37. The molecule has 13 heteroatoms. The van der Waals surface area contributed by atoms with Crippen molar-refractivity contribution in [3.8, 4) is 0 Å². The number of hydrogen-bond donors (Lipinski definition) is 1. The van der Waals surface area contributed by atoms with E-state index in [0.717, 1.165) is 49.0 Å². The molecule has 0 aliphatic carbocycles. The van der Waals surface area contributed by atoms with Gasteiger partial charge in [0.1, 0.15) is 5.82 Å². The Bertz CT molecular complexity index is 1390. The van der Waals surface area contributed by atoms with Gasteiger partial charge in [-0.25, -0.2) is 22.8 Å². The van der Waals surface area contributed by atoms with Gasteiger partial charge in [0.25, 0.3) is 10.0 Å². The third kappa shape index (κ3) is 5.48. The molecule has 3 fully saturated rings. The van der Waals surface area contributed by atoms with Crippen LogP contribution in [0.3, 0.4) is 0 Å². The number of piperazine rings is 2. The Morgan fingerprint density at radius 2 is 1.85 bits per heavy atom. The maximum atomic E-state index is 13.4. The Kier molecular flexibility index (Phi) is 7.46. The highest BCUT2D eigenvalue weighted by Crippen LogP contribution is 2.32. The van der Waals surface area contributed by atoms with Crippen LogP contribution in [-0.4, -0.2) is 107 Å². The quantitative estimate of drug-likeness (QED) is 0.456. The molecule has 39 heavy (non-hydrogen) atoms. The lowest BCUT2D eigenvalue weighted by atomic mass is 10.1. The van der Waals surface area contributed by atoms with E-state index in [4.69, 9.17) is 0 Å². The van der Waals surface area contributed by atoms with Gasteiger partial charge in [-0.2, -0.15) is 4.31 Å². The number of imidazole rings is 1. The van der Waals surface area contributed by atoms with Crippen LogP contribution in [0.4, 0.5) is 9.52 Å². The number of aromatic nitrogens is 3. The van der Waals surface area contributed by atoms with E-state index in [2.05, 4.69) is 36.2 Å². The molecule has 0 saturated carbocycles. The van der Waals surface area contributed by atoms with Gasteiger partial charge in [0.15, 0.2) is 9.34 Å². The van der Waals surface area contributed by atoms with E-state index >= 15 is 0 Å². The highest BCUT2D eigenvalue weighted by Gasteiger charge is 2.37. The number of thiazole rings is 1. The average molecular weight is 576 g/mol. The highest BCUT2D eigenvalue weighted by atomic mass is 32.2. The molecule has 10 nitrogen and oxygen atoms in total. The Morgan fingerprint density at radius 1 is 1.08 bits per heavy atom. The average Bonchev–Trinajstić information content (AvgIpc) is 3.68. The summed E-state index contributed by atoms with van der Waals surface area (Å²) in [5.41, 5.74) is 2.03. The van der Waals surface area contributed by atoms with Crippen LogP contribution in [0.15, 0.2) is 47.2 Å². The molecule has 1 N–H and O–H groups in total. The number of fused-ring (bicyclic) bond motifs is 1.